The number of rotatable bonds is 0. The second-order valence-corrected chi connectivity index (χ2v) is 7.30. The molecule has 0 amide bonds. The molecule has 0 radical (unpaired) electrons. The maximum atomic E-state index is 6.14. The minimum Gasteiger partial charge on any atom is -0.363 e. The first-order chi connectivity index (χ1) is 6.52. The fraction of sp³-hybridized carbons (Fsp3) is 1.00. The largest absolute Gasteiger partial charge is 0.363 e. The van der Waals surface area contributed by atoms with E-state index in [0.29, 0.717) is 10.8 Å². The number of hydrogen-bond acceptors (Lipinski definition) is 2. The van der Waals surface area contributed by atoms with Crippen molar-refractivity contribution < 1.29 is 4.74 Å². The first-order valence-electron chi connectivity index (χ1n) is 5.80. The van der Waals surface area contributed by atoms with Crippen molar-refractivity contribution in [3.8, 4) is 0 Å². The van der Waals surface area contributed by atoms with Crippen molar-refractivity contribution in [2.45, 2.75) is 45.0 Å². The molecule has 3 aliphatic rings. The summed E-state index contributed by atoms with van der Waals surface area (Å²) in [4.78, 5) is 0.194. The molecule has 1 spiro atoms. The van der Waals surface area contributed by atoms with Gasteiger partial charge in [-0.2, -0.15) is 0 Å². The second-order valence-electron chi connectivity index (χ2n) is 5.94. The van der Waals surface area contributed by atoms with Crippen LogP contribution in [0, 0.1) is 16.7 Å². The van der Waals surface area contributed by atoms with Crippen molar-refractivity contribution in [2.75, 3.05) is 12.4 Å². The van der Waals surface area contributed by atoms with Crippen LogP contribution in [0.5, 0.6) is 0 Å². The summed E-state index contributed by atoms with van der Waals surface area (Å²) in [6, 6.07) is 0. The minimum absolute atomic E-state index is 0.194. The maximum Gasteiger partial charge on any atom is 0.119 e. The molecule has 2 bridgehead atoms. The molecule has 0 aromatic rings. The zero-order chi connectivity index (χ0) is 10.0. The Kier molecular flexibility index (Phi) is 1.71. The number of hydrogen-bond donors (Lipinski definition) is 0. The van der Waals surface area contributed by atoms with Crippen LogP contribution in [-0.4, -0.2) is 17.3 Å². The van der Waals surface area contributed by atoms with E-state index in [1.54, 1.807) is 0 Å². The van der Waals surface area contributed by atoms with E-state index >= 15 is 0 Å². The van der Waals surface area contributed by atoms with E-state index in [1.165, 1.54) is 25.0 Å². The lowest BCUT2D eigenvalue weighted by Gasteiger charge is -2.45. The summed E-state index contributed by atoms with van der Waals surface area (Å²) in [5.74, 6) is 2.11. The van der Waals surface area contributed by atoms with Gasteiger partial charge in [-0.05, 0) is 30.6 Å². The van der Waals surface area contributed by atoms with Crippen LogP contribution in [0.25, 0.3) is 0 Å². The Balaban J connectivity index is 2.06. The smallest absolute Gasteiger partial charge is 0.119 e. The number of thioether (sulfide) groups is 1. The van der Waals surface area contributed by atoms with Crippen LogP contribution in [0.4, 0.5) is 0 Å². The van der Waals surface area contributed by atoms with Crippen LogP contribution in [-0.2, 0) is 4.74 Å². The monoisotopic (exact) mass is 212 g/mol. The molecule has 2 aliphatic carbocycles. The molecule has 0 aromatic heterocycles. The van der Waals surface area contributed by atoms with Crippen LogP contribution in [0.15, 0.2) is 0 Å². The van der Waals surface area contributed by atoms with Crippen molar-refractivity contribution in [3.05, 3.63) is 0 Å². The molecule has 3 fully saturated rings. The van der Waals surface area contributed by atoms with Gasteiger partial charge in [0.15, 0.2) is 0 Å². The van der Waals surface area contributed by atoms with Crippen molar-refractivity contribution in [1.29, 1.82) is 0 Å². The van der Waals surface area contributed by atoms with E-state index < -0.39 is 0 Å². The Hall–Kier alpha value is 0.310. The fourth-order valence-electron chi connectivity index (χ4n) is 4.08. The summed E-state index contributed by atoms with van der Waals surface area (Å²) in [7, 11) is 0. The Bertz CT molecular complexity index is 267. The van der Waals surface area contributed by atoms with E-state index in [9.17, 15) is 0 Å². The molecular formula is C12H20OS. The van der Waals surface area contributed by atoms with Gasteiger partial charge in [-0.15, -0.1) is 11.8 Å². The minimum atomic E-state index is 0.194. The second kappa shape index (κ2) is 2.52. The first kappa shape index (κ1) is 9.53. The van der Waals surface area contributed by atoms with E-state index in [0.717, 1.165) is 12.5 Å². The lowest BCUT2D eigenvalue weighted by Crippen LogP contribution is -2.44. The molecule has 2 saturated carbocycles. The average Bonchev–Trinajstić information content (AvgIpc) is 2.70. The fourth-order valence-corrected chi connectivity index (χ4v) is 5.74. The van der Waals surface area contributed by atoms with Crippen LogP contribution >= 0.6 is 11.8 Å². The summed E-state index contributed by atoms with van der Waals surface area (Å²) in [5, 5.41) is 0. The molecule has 3 atom stereocenters. The molecule has 2 heteroatoms. The van der Waals surface area contributed by atoms with Gasteiger partial charge in [0.25, 0.3) is 0 Å². The number of fused-ring (bicyclic) bond motifs is 3. The molecule has 1 heterocycles. The summed E-state index contributed by atoms with van der Waals surface area (Å²) < 4.78 is 6.14. The van der Waals surface area contributed by atoms with Crippen LogP contribution in [0.1, 0.15) is 40.0 Å². The molecule has 0 N–H and O–H groups in total. The molecule has 1 nitrogen and oxygen atoms in total. The van der Waals surface area contributed by atoms with E-state index in [2.05, 4.69) is 32.5 Å². The van der Waals surface area contributed by atoms with Crippen LogP contribution in [0.2, 0.25) is 0 Å². The predicted octanol–water partition coefficient (Wildman–Crippen LogP) is 3.29. The lowest BCUT2D eigenvalue weighted by atomic mass is 9.69. The Morgan fingerprint density at radius 3 is 2.50 bits per heavy atom. The van der Waals surface area contributed by atoms with Gasteiger partial charge in [-0.1, -0.05) is 20.8 Å². The highest BCUT2D eigenvalue weighted by molar-refractivity contribution is 8.00. The Morgan fingerprint density at radius 1 is 1.29 bits per heavy atom. The Morgan fingerprint density at radius 2 is 2.07 bits per heavy atom. The van der Waals surface area contributed by atoms with Crippen molar-refractivity contribution in [2.24, 2.45) is 16.7 Å². The summed E-state index contributed by atoms with van der Waals surface area (Å²) in [5.41, 5.74) is 0.913. The van der Waals surface area contributed by atoms with Crippen LogP contribution < -0.4 is 0 Å². The van der Waals surface area contributed by atoms with E-state index in [-0.39, 0.29) is 4.93 Å². The zero-order valence-electron chi connectivity index (χ0n) is 9.43. The third-order valence-electron chi connectivity index (χ3n) is 5.55. The Labute approximate surface area is 91.0 Å². The van der Waals surface area contributed by atoms with E-state index in [4.69, 9.17) is 4.74 Å². The average molecular weight is 212 g/mol. The molecule has 1 saturated heterocycles. The molecule has 3 rings (SSSR count). The standard InChI is InChI=1S/C12H20OS/c1-10(2)9-4-5-11(10,3)12(8-9)13-6-7-14-12/h9H,4-8H2,1-3H3/t9-,11+,12-/m0/s1. The highest BCUT2D eigenvalue weighted by Gasteiger charge is 2.70. The van der Waals surface area contributed by atoms with Crippen molar-refractivity contribution in [3.63, 3.8) is 0 Å². The topological polar surface area (TPSA) is 9.23 Å². The van der Waals surface area contributed by atoms with Gasteiger partial charge in [0.1, 0.15) is 4.93 Å². The van der Waals surface area contributed by atoms with Gasteiger partial charge in [-0.25, -0.2) is 0 Å². The molecule has 0 unspecified atom stereocenters. The molecule has 1 aliphatic heterocycles. The summed E-state index contributed by atoms with van der Waals surface area (Å²) in [6.07, 6.45) is 4.11. The molecule has 14 heavy (non-hydrogen) atoms. The van der Waals surface area contributed by atoms with Gasteiger partial charge in [0, 0.05) is 11.2 Å². The van der Waals surface area contributed by atoms with Gasteiger partial charge < -0.3 is 4.74 Å². The third-order valence-corrected chi connectivity index (χ3v) is 7.12. The SMILES string of the molecule is CC1(C)[C@H]2CC[C@@]1(C)[C@@]1(C2)OCCS1. The van der Waals surface area contributed by atoms with Crippen molar-refractivity contribution >= 4 is 11.8 Å². The molecular weight excluding hydrogens is 192 g/mol. The van der Waals surface area contributed by atoms with Crippen LogP contribution in [0.3, 0.4) is 0 Å². The predicted molar refractivity (Wildman–Crippen MR) is 60.4 cm³/mol. The quantitative estimate of drug-likeness (QED) is 0.609. The summed E-state index contributed by atoms with van der Waals surface area (Å²) in [6.45, 7) is 8.37. The number of ether oxygens (including phenoxy) is 1. The highest BCUT2D eigenvalue weighted by Crippen LogP contribution is 2.74. The lowest BCUT2D eigenvalue weighted by molar-refractivity contribution is -0.0564. The van der Waals surface area contributed by atoms with Crippen molar-refractivity contribution in [1.82, 2.24) is 0 Å². The summed E-state index contributed by atoms with van der Waals surface area (Å²) >= 11 is 2.09. The van der Waals surface area contributed by atoms with Gasteiger partial charge in [0.2, 0.25) is 0 Å². The zero-order valence-corrected chi connectivity index (χ0v) is 10.2. The highest BCUT2D eigenvalue weighted by atomic mass is 32.2. The van der Waals surface area contributed by atoms with Gasteiger partial charge >= 0.3 is 0 Å². The first-order valence-corrected chi connectivity index (χ1v) is 6.78. The maximum absolute atomic E-state index is 6.14. The van der Waals surface area contributed by atoms with E-state index in [1.807, 2.05) is 0 Å². The molecule has 80 valence electrons. The van der Waals surface area contributed by atoms with Gasteiger partial charge in [0.05, 0.1) is 6.61 Å². The van der Waals surface area contributed by atoms with Gasteiger partial charge in [-0.3, -0.25) is 0 Å². The third kappa shape index (κ3) is 0.802. The normalized spacial score (nSPS) is 54.6. The molecule has 0 aromatic carbocycles.